The second kappa shape index (κ2) is 10.4. The second-order valence-corrected chi connectivity index (χ2v) is 8.90. The zero-order chi connectivity index (χ0) is 24.2. The molecule has 0 spiro atoms. The van der Waals surface area contributed by atoms with Crippen molar-refractivity contribution >= 4 is 23.8 Å². The summed E-state index contributed by atoms with van der Waals surface area (Å²) in [5.74, 6) is -2.65. The first-order valence-corrected chi connectivity index (χ1v) is 11.5. The average Bonchev–Trinajstić information content (AvgIpc) is 3.33. The lowest BCUT2D eigenvalue weighted by atomic mass is 9.93. The third-order valence-corrected chi connectivity index (χ3v) is 6.31. The SMILES string of the molecule is Cc1cc(/C=C2\CN(C(=O)CCN3CCCC3)C/C(=C\c3ccc(F)c(F)c3)C2=O)ccc1F. The van der Waals surface area contributed by atoms with E-state index in [0.29, 0.717) is 40.8 Å². The van der Waals surface area contributed by atoms with Gasteiger partial charge in [0.25, 0.3) is 0 Å². The number of carbonyl (C=O) groups excluding carboxylic acids is 2. The fourth-order valence-corrected chi connectivity index (χ4v) is 4.40. The molecule has 2 heterocycles. The first kappa shape index (κ1) is 24.0. The van der Waals surface area contributed by atoms with Crippen molar-refractivity contribution in [2.45, 2.75) is 26.2 Å². The van der Waals surface area contributed by atoms with Gasteiger partial charge in [-0.3, -0.25) is 9.59 Å². The third-order valence-electron chi connectivity index (χ3n) is 6.31. The normalized spacial score (nSPS) is 19.4. The standard InChI is InChI=1S/C27H27F3N2O2/c1-18-12-19(4-6-23(18)28)13-21-16-32(26(33)8-11-31-9-2-3-10-31)17-22(27(21)34)14-20-5-7-24(29)25(30)15-20/h4-7,12-15H,2-3,8-11,16-17H2,1H3/b21-13+,22-14+. The largest absolute Gasteiger partial charge is 0.334 e. The van der Waals surface area contributed by atoms with Gasteiger partial charge in [0, 0.05) is 37.2 Å². The van der Waals surface area contributed by atoms with Crippen LogP contribution in [0, 0.1) is 24.4 Å². The molecule has 0 aliphatic carbocycles. The van der Waals surface area contributed by atoms with Crippen LogP contribution in [0.15, 0.2) is 47.5 Å². The molecule has 2 fully saturated rings. The summed E-state index contributed by atoms with van der Waals surface area (Å²) < 4.78 is 40.8. The number of likely N-dealkylation sites (tertiary alicyclic amines) is 2. The predicted molar refractivity (Wildman–Crippen MR) is 125 cm³/mol. The number of benzene rings is 2. The van der Waals surface area contributed by atoms with Gasteiger partial charge < -0.3 is 9.80 Å². The lowest BCUT2D eigenvalue weighted by Crippen LogP contribution is -2.42. The van der Waals surface area contributed by atoms with Gasteiger partial charge in [0.05, 0.1) is 0 Å². The van der Waals surface area contributed by atoms with Gasteiger partial charge >= 0.3 is 0 Å². The molecule has 2 aliphatic heterocycles. The van der Waals surface area contributed by atoms with E-state index in [1.807, 2.05) is 0 Å². The minimum absolute atomic E-state index is 0.0724. The van der Waals surface area contributed by atoms with Crippen LogP contribution in [0.25, 0.3) is 12.2 Å². The summed E-state index contributed by atoms with van der Waals surface area (Å²) in [6, 6.07) is 7.98. The molecule has 0 bridgehead atoms. The van der Waals surface area contributed by atoms with Crippen LogP contribution in [0.5, 0.6) is 0 Å². The summed E-state index contributed by atoms with van der Waals surface area (Å²) in [6.07, 6.45) is 5.77. The Kier molecular flexibility index (Phi) is 7.32. The molecular weight excluding hydrogens is 441 g/mol. The number of piperidine rings is 1. The van der Waals surface area contributed by atoms with Gasteiger partial charge in [-0.05, 0) is 86.0 Å². The molecule has 178 valence electrons. The van der Waals surface area contributed by atoms with Crippen LogP contribution in [0.2, 0.25) is 0 Å². The maximum Gasteiger partial charge on any atom is 0.224 e. The summed E-state index contributed by atoms with van der Waals surface area (Å²) in [5.41, 5.74) is 2.15. The lowest BCUT2D eigenvalue weighted by Gasteiger charge is -2.30. The quantitative estimate of drug-likeness (QED) is 0.594. The molecule has 34 heavy (non-hydrogen) atoms. The van der Waals surface area contributed by atoms with Gasteiger partial charge in [0.1, 0.15) is 5.82 Å². The van der Waals surface area contributed by atoms with Gasteiger partial charge in [-0.25, -0.2) is 13.2 Å². The molecule has 0 aromatic heterocycles. The number of nitrogens with zero attached hydrogens (tertiary/aromatic N) is 2. The Morgan fingerprint density at radius 2 is 1.47 bits per heavy atom. The molecule has 4 rings (SSSR count). The number of hydrogen-bond acceptors (Lipinski definition) is 3. The molecule has 7 heteroatoms. The predicted octanol–water partition coefficient (Wildman–Crippen LogP) is 4.78. The van der Waals surface area contributed by atoms with Crippen molar-refractivity contribution in [3.8, 4) is 0 Å². The van der Waals surface area contributed by atoms with Gasteiger partial charge in [0.15, 0.2) is 17.4 Å². The van der Waals surface area contributed by atoms with Crippen molar-refractivity contribution in [1.29, 1.82) is 0 Å². The van der Waals surface area contributed by atoms with Crippen LogP contribution in [0.4, 0.5) is 13.2 Å². The number of amides is 1. The smallest absolute Gasteiger partial charge is 0.224 e. The van der Waals surface area contributed by atoms with Crippen molar-refractivity contribution in [3.05, 3.63) is 81.7 Å². The van der Waals surface area contributed by atoms with E-state index in [1.165, 1.54) is 18.2 Å². The third kappa shape index (κ3) is 5.65. The van der Waals surface area contributed by atoms with E-state index in [4.69, 9.17) is 0 Å². The minimum atomic E-state index is -1.01. The fraction of sp³-hybridized carbons (Fsp3) is 0.333. The van der Waals surface area contributed by atoms with Gasteiger partial charge in [-0.1, -0.05) is 12.1 Å². The molecule has 2 saturated heterocycles. The Morgan fingerprint density at radius 1 is 0.882 bits per heavy atom. The van der Waals surface area contributed by atoms with E-state index in [2.05, 4.69) is 4.90 Å². The van der Waals surface area contributed by atoms with E-state index in [1.54, 1.807) is 30.0 Å². The highest BCUT2D eigenvalue weighted by atomic mass is 19.2. The summed E-state index contributed by atoms with van der Waals surface area (Å²) in [4.78, 5) is 30.1. The van der Waals surface area contributed by atoms with Crippen LogP contribution in [0.3, 0.4) is 0 Å². The number of Topliss-reactive ketones (excluding diaryl/α,β-unsaturated/α-hetero) is 1. The number of carbonyl (C=O) groups is 2. The van der Waals surface area contributed by atoms with Crippen molar-refractivity contribution in [2.75, 3.05) is 32.7 Å². The van der Waals surface area contributed by atoms with E-state index in [-0.39, 0.29) is 30.6 Å². The molecule has 2 aromatic carbocycles. The Hall–Kier alpha value is -3.19. The molecule has 0 unspecified atom stereocenters. The van der Waals surface area contributed by atoms with Crippen LogP contribution < -0.4 is 0 Å². The highest BCUT2D eigenvalue weighted by molar-refractivity contribution is 6.15. The number of aryl methyl sites for hydroxylation is 1. The van der Waals surface area contributed by atoms with Crippen LogP contribution in [-0.4, -0.2) is 54.2 Å². The number of hydrogen-bond donors (Lipinski definition) is 0. The van der Waals surface area contributed by atoms with Crippen LogP contribution in [-0.2, 0) is 9.59 Å². The topological polar surface area (TPSA) is 40.6 Å². The zero-order valence-corrected chi connectivity index (χ0v) is 19.1. The molecule has 2 aliphatic rings. The number of ketones is 1. The van der Waals surface area contributed by atoms with E-state index < -0.39 is 11.6 Å². The van der Waals surface area contributed by atoms with Crippen LogP contribution in [0.1, 0.15) is 36.0 Å². The molecule has 4 nitrogen and oxygen atoms in total. The summed E-state index contributed by atoms with van der Waals surface area (Å²) in [7, 11) is 0. The Morgan fingerprint density at radius 3 is 2.06 bits per heavy atom. The summed E-state index contributed by atoms with van der Waals surface area (Å²) in [6.45, 7) is 4.52. The Balaban J connectivity index is 1.62. The molecular formula is C27H27F3N2O2. The highest BCUT2D eigenvalue weighted by Crippen LogP contribution is 2.24. The molecule has 0 saturated carbocycles. The first-order chi connectivity index (χ1) is 16.3. The van der Waals surface area contributed by atoms with Crippen molar-refractivity contribution in [2.24, 2.45) is 0 Å². The fourth-order valence-electron chi connectivity index (χ4n) is 4.40. The number of rotatable bonds is 5. The molecule has 0 radical (unpaired) electrons. The maximum atomic E-state index is 13.7. The Labute approximate surface area is 197 Å². The molecule has 0 atom stereocenters. The molecule has 1 amide bonds. The lowest BCUT2D eigenvalue weighted by molar-refractivity contribution is -0.131. The highest BCUT2D eigenvalue weighted by Gasteiger charge is 2.29. The molecule has 0 N–H and O–H groups in total. The maximum absolute atomic E-state index is 13.7. The van der Waals surface area contributed by atoms with E-state index in [0.717, 1.165) is 38.1 Å². The van der Waals surface area contributed by atoms with Crippen LogP contribution >= 0.6 is 0 Å². The van der Waals surface area contributed by atoms with Gasteiger partial charge in [-0.2, -0.15) is 0 Å². The second-order valence-electron chi connectivity index (χ2n) is 8.90. The van der Waals surface area contributed by atoms with Crippen molar-refractivity contribution < 1.29 is 22.8 Å². The van der Waals surface area contributed by atoms with E-state index >= 15 is 0 Å². The summed E-state index contributed by atoms with van der Waals surface area (Å²) >= 11 is 0. The van der Waals surface area contributed by atoms with Crippen molar-refractivity contribution in [1.82, 2.24) is 9.80 Å². The average molecular weight is 469 g/mol. The van der Waals surface area contributed by atoms with E-state index in [9.17, 15) is 22.8 Å². The Bertz CT molecular complexity index is 1090. The number of halogens is 3. The minimum Gasteiger partial charge on any atom is -0.334 e. The summed E-state index contributed by atoms with van der Waals surface area (Å²) in [5, 5.41) is 0. The monoisotopic (exact) mass is 468 g/mol. The first-order valence-electron chi connectivity index (χ1n) is 11.5. The van der Waals surface area contributed by atoms with Crippen molar-refractivity contribution in [3.63, 3.8) is 0 Å². The van der Waals surface area contributed by atoms with Gasteiger partial charge in [0.2, 0.25) is 5.91 Å². The van der Waals surface area contributed by atoms with Gasteiger partial charge in [-0.15, -0.1) is 0 Å². The zero-order valence-electron chi connectivity index (χ0n) is 19.1. The molecule has 2 aromatic rings.